The van der Waals surface area contributed by atoms with Crippen molar-refractivity contribution in [1.29, 1.82) is 0 Å². The third-order valence-corrected chi connectivity index (χ3v) is 3.22. The predicted molar refractivity (Wildman–Crippen MR) is 81.4 cm³/mol. The van der Waals surface area contributed by atoms with Gasteiger partial charge in [-0.05, 0) is 30.3 Å². The summed E-state index contributed by atoms with van der Waals surface area (Å²) in [6.45, 7) is 0. The smallest absolute Gasteiger partial charge is 0.343 e. The predicted octanol–water partition coefficient (Wildman–Crippen LogP) is 3.29. The van der Waals surface area contributed by atoms with Crippen LogP contribution in [0.3, 0.4) is 0 Å². The van der Waals surface area contributed by atoms with Crippen LogP contribution < -0.4 is 9.47 Å². The molecule has 0 saturated carbocycles. The SMILES string of the molecule is COc1cc(C=O)ccc1OC(=O)c1ccc(Cl)c([N+](=O)[O-])c1. The van der Waals surface area contributed by atoms with Gasteiger partial charge < -0.3 is 9.47 Å². The molecule has 0 aliphatic heterocycles. The first-order valence-corrected chi connectivity index (χ1v) is 6.63. The summed E-state index contributed by atoms with van der Waals surface area (Å²) in [5.41, 5.74) is -0.0872. The van der Waals surface area contributed by atoms with E-state index in [2.05, 4.69) is 0 Å². The minimum Gasteiger partial charge on any atom is -0.493 e. The van der Waals surface area contributed by atoms with Gasteiger partial charge in [0.05, 0.1) is 17.6 Å². The van der Waals surface area contributed by atoms with Crippen molar-refractivity contribution in [3.05, 3.63) is 62.7 Å². The van der Waals surface area contributed by atoms with E-state index in [9.17, 15) is 19.7 Å². The zero-order chi connectivity index (χ0) is 17.0. The highest BCUT2D eigenvalue weighted by Gasteiger charge is 2.19. The summed E-state index contributed by atoms with van der Waals surface area (Å²) in [5, 5.41) is 10.8. The number of nitro benzene ring substituents is 1. The molecular formula is C15H10ClNO6. The monoisotopic (exact) mass is 335 g/mol. The molecule has 0 bridgehead atoms. The molecule has 0 aliphatic rings. The van der Waals surface area contributed by atoms with Gasteiger partial charge in [-0.25, -0.2) is 4.79 Å². The zero-order valence-corrected chi connectivity index (χ0v) is 12.6. The largest absolute Gasteiger partial charge is 0.493 e. The molecule has 0 unspecified atom stereocenters. The normalized spacial score (nSPS) is 10.0. The molecule has 2 aromatic carbocycles. The van der Waals surface area contributed by atoms with Crippen LogP contribution in [-0.2, 0) is 0 Å². The molecule has 0 N–H and O–H groups in total. The number of ether oxygens (including phenoxy) is 2. The molecule has 0 radical (unpaired) electrons. The van der Waals surface area contributed by atoms with E-state index < -0.39 is 16.6 Å². The molecule has 0 fully saturated rings. The fraction of sp³-hybridized carbons (Fsp3) is 0.0667. The van der Waals surface area contributed by atoms with E-state index >= 15 is 0 Å². The maximum atomic E-state index is 12.1. The number of nitro groups is 1. The molecule has 0 amide bonds. The fourth-order valence-corrected chi connectivity index (χ4v) is 1.97. The number of hydrogen-bond donors (Lipinski definition) is 0. The van der Waals surface area contributed by atoms with Crippen LogP contribution in [0.25, 0.3) is 0 Å². The molecule has 0 aromatic heterocycles. The third kappa shape index (κ3) is 3.64. The van der Waals surface area contributed by atoms with Gasteiger partial charge in [0, 0.05) is 11.6 Å². The summed E-state index contributed by atoms with van der Waals surface area (Å²) in [5.74, 6) is -0.547. The lowest BCUT2D eigenvalue weighted by atomic mass is 10.2. The Morgan fingerprint density at radius 1 is 1.22 bits per heavy atom. The Morgan fingerprint density at radius 3 is 2.57 bits per heavy atom. The van der Waals surface area contributed by atoms with E-state index in [0.717, 1.165) is 6.07 Å². The average Bonchev–Trinajstić information content (AvgIpc) is 2.55. The number of carbonyl (C=O) groups is 2. The van der Waals surface area contributed by atoms with Gasteiger partial charge in [0.15, 0.2) is 11.5 Å². The maximum Gasteiger partial charge on any atom is 0.343 e. The standard InChI is InChI=1S/C15H10ClNO6/c1-22-14-6-9(8-18)2-5-13(14)23-15(19)10-3-4-11(16)12(7-10)17(20)21/h2-8H,1H3. The summed E-state index contributed by atoms with van der Waals surface area (Å²) < 4.78 is 10.2. The van der Waals surface area contributed by atoms with E-state index in [1.54, 1.807) is 0 Å². The topological polar surface area (TPSA) is 95.7 Å². The first-order chi connectivity index (χ1) is 11.0. The summed E-state index contributed by atoms with van der Waals surface area (Å²) >= 11 is 5.69. The van der Waals surface area contributed by atoms with Crippen molar-refractivity contribution in [3.63, 3.8) is 0 Å². The quantitative estimate of drug-likeness (QED) is 0.273. The van der Waals surface area contributed by atoms with Gasteiger partial charge >= 0.3 is 5.97 Å². The van der Waals surface area contributed by atoms with Crippen LogP contribution in [0.15, 0.2) is 36.4 Å². The van der Waals surface area contributed by atoms with Gasteiger partial charge in [-0.3, -0.25) is 14.9 Å². The third-order valence-electron chi connectivity index (χ3n) is 2.90. The van der Waals surface area contributed by atoms with E-state index in [1.807, 2.05) is 0 Å². The van der Waals surface area contributed by atoms with Crippen molar-refractivity contribution in [2.24, 2.45) is 0 Å². The van der Waals surface area contributed by atoms with Crippen molar-refractivity contribution in [2.45, 2.75) is 0 Å². The number of carbonyl (C=O) groups excluding carboxylic acids is 2. The highest BCUT2D eigenvalue weighted by molar-refractivity contribution is 6.32. The van der Waals surface area contributed by atoms with Crippen molar-refractivity contribution in [1.82, 2.24) is 0 Å². The van der Waals surface area contributed by atoms with E-state index in [4.69, 9.17) is 21.1 Å². The zero-order valence-electron chi connectivity index (χ0n) is 11.8. The van der Waals surface area contributed by atoms with Gasteiger partial charge in [0.2, 0.25) is 0 Å². The Morgan fingerprint density at radius 2 is 1.96 bits per heavy atom. The lowest BCUT2D eigenvalue weighted by molar-refractivity contribution is -0.384. The van der Waals surface area contributed by atoms with Gasteiger partial charge in [-0.1, -0.05) is 11.6 Å². The fourth-order valence-electron chi connectivity index (χ4n) is 1.78. The summed E-state index contributed by atoms with van der Waals surface area (Å²) in [7, 11) is 1.36. The Hall–Kier alpha value is -2.93. The number of hydrogen-bond acceptors (Lipinski definition) is 6. The van der Waals surface area contributed by atoms with Gasteiger partial charge in [-0.2, -0.15) is 0 Å². The molecule has 0 spiro atoms. The molecule has 2 aromatic rings. The highest BCUT2D eigenvalue weighted by atomic mass is 35.5. The maximum absolute atomic E-state index is 12.1. The lowest BCUT2D eigenvalue weighted by Crippen LogP contribution is -2.10. The minimum absolute atomic E-state index is 0.0392. The second kappa shape index (κ2) is 6.89. The van der Waals surface area contributed by atoms with Crippen LogP contribution in [-0.4, -0.2) is 24.3 Å². The minimum atomic E-state index is -0.818. The molecule has 7 nitrogen and oxygen atoms in total. The summed E-state index contributed by atoms with van der Waals surface area (Å²) in [6, 6.07) is 7.82. The molecular weight excluding hydrogens is 326 g/mol. The Balaban J connectivity index is 2.31. The highest BCUT2D eigenvalue weighted by Crippen LogP contribution is 2.30. The van der Waals surface area contributed by atoms with Crippen molar-refractivity contribution in [2.75, 3.05) is 7.11 Å². The number of rotatable bonds is 5. The average molecular weight is 336 g/mol. The van der Waals surface area contributed by atoms with Gasteiger partial charge in [0.1, 0.15) is 11.3 Å². The number of nitrogens with zero attached hydrogens (tertiary/aromatic N) is 1. The molecule has 8 heteroatoms. The van der Waals surface area contributed by atoms with E-state index in [1.165, 1.54) is 37.4 Å². The van der Waals surface area contributed by atoms with E-state index in [0.29, 0.717) is 11.8 Å². The van der Waals surface area contributed by atoms with Crippen molar-refractivity contribution >= 4 is 29.5 Å². The first-order valence-electron chi connectivity index (χ1n) is 6.25. The number of aldehydes is 1. The first kappa shape index (κ1) is 16.4. The number of halogens is 1. The van der Waals surface area contributed by atoms with Gasteiger partial charge in [0.25, 0.3) is 5.69 Å². The second-order valence-electron chi connectivity index (χ2n) is 4.34. The number of methoxy groups -OCH3 is 1. The second-order valence-corrected chi connectivity index (χ2v) is 4.75. The van der Waals surface area contributed by atoms with Crippen LogP contribution in [0.5, 0.6) is 11.5 Å². The number of benzene rings is 2. The van der Waals surface area contributed by atoms with Crippen LogP contribution in [0.1, 0.15) is 20.7 Å². The molecule has 0 atom stereocenters. The molecule has 2 rings (SSSR count). The van der Waals surface area contributed by atoms with Crippen LogP contribution in [0.4, 0.5) is 5.69 Å². The summed E-state index contributed by atoms with van der Waals surface area (Å²) in [4.78, 5) is 33.0. The van der Waals surface area contributed by atoms with Crippen molar-refractivity contribution in [3.8, 4) is 11.5 Å². The molecule has 23 heavy (non-hydrogen) atoms. The Kier molecular flexibility index (Phi) is 4.92. The van der Waals surface area contributed by atoms with Gasteiger partial charge in [-0.15, -0.1) is 0 Å². The molecule has 118 valence electrons. The number of esters is 1. The molecule has 0 heterocycles. The summed E-state index contributed by atoms with van der Waals surface area (Å²) in [6.07, 6.45) is 0.622. The lowest BCUT2D eigenvalue weighted by Gasteiger charge is -2.09. The molecule has 0 aliphatic carbocycles. The van der Waals surface area contributed by atoms with Crippen molar-refractivity contribution < 1.29 is 24.0 Å². The van der Waals surface area contributed by atoms with Crippen LogP contribution in [0, 0.1) is 10.1 Å². The van der Waals surface area contributed by atoms with Crippen LogP contribution in [0.2, 0.25) is 5.02 Å². The van der Waals surface area contributed by atoms with E-state index in [-0.39, 0.29) is 22.1 Å². The molecule has 0 saturated heterocycles. The van der Waals surface area contributed by atoms with Crippen LogP contribution >= 0.6 is 11.6 Å². The Labute approximate surface area is 135 Å². The Bertz CT molecular complexity index is 790.